The molecule has 0 aromatic carbocycles. The van der Waals surface area contributed by atoms with Crippen molar-refractivity contribution in [2.24, 2.45) is 11.7 Å². The molecule has 2 atom stereocenters. The fourth-order valence-corrected chi connectivity index (χ4v) is 3.84. The van der Waals surface area contributed by atoms with Crippen molar-refractivity contribution in [3.8, 4) is 0 Å². The maximum absolute atomic E-state index is 12.4. The summed E-state index contributed by atoms with van der Waals surface area (Å²) >= 11 is 0. The van der Waals surface area contributed by atoms with Gasteiger partial charge in [0.1, 0.15) is 5.60 Å². The van der Waals surface area contributed by atoms with Gasteiger partial charge in [-0.3, -0.25) is 0 Å². The van der Waals surface area contributed by atoms with E-state index in [1.807, 2.05) is 20.8 Å². The van der Waals surface area contributed by atoms with Gasteiger partial charge >= 0.3 is 6.09 Å². The first-order valence-electron chi connectivity index (χ1n) is 8.61. The Labute approximate surface area is 143 Å². The molecule has 1 fully saturated rings. The summed E-state index contributed by atoms with van der Waals surface area (Å²) in [6.07, 6.45) is 0.702. The zero-order valence-electron chi connectivity index (χ0n) is 16.2. The average molecular weight is 345 g/mol. The van der Waals surface area contributed by atoms with Crippen LogP contribution in [0.3, 0.4) is 0 Å². The second-order valence-corrected chi connectivity index (χ2v) is 14.0. The van der Waals surface area contributed by atoms with Crippen molar-refractivity contribution in [3.63, 3.8) is 0 Å². The molecule has 0 saturated carbocycles. The third kappa shape index (κ3) is 6.08. The van der Waals surface area contributed by atoms with Crippen LogP contribution < -0.4 is 5.73 Å². The maximum Gasteiger partial charge on any atom is 0.410 e. The van der Waals surface area contributed by atoms with Gasteiger partial charge in [-0.2, -0.15) is 0 Å². The molecule has 0 unspecified atom stereocenters. The monoisotopic (exact) mass is 344 g/mol. The van der Waals surface area contributed by atoms with E-state index in [0.717, 1.165) is 6.42 Å². The van der Waals surface area contributed by atoms with Crippen LogP contribution in [0.4, 0.5) is 4.79 Å². The fraction of sp³-hybridized carbons (Fsp3) is 0.941. The Morgan fingerprint density at radius 2 is 1.74 bits per heavy atom. The van der Waals surface area contributed by atoms with Gasteiger partial charge in [-0.1, -0.05) is 20.8 Å². The number of rotatable bonds is 3. The van der Waals surface area contributed by atoms with Gasteiger partial charge in [-0.05, 0) is 57.8 Å². The Balaban J connectivity index is 2.80. The highest BCUT2D eigenvalue weighted by molar-refractivity contribution is 6.74. The Kier molecular flexibility index (Phi) is 6.32. The molecule has 1 amide bonds. The van der Waals surface area contributed by atoms with Crippen LogP contribution in [0, 0.1) is 5.92 Å². The molecule has 1 aliphatic rings. The third-order valence-corrected chi connectivity index (χ3v) is 9.29. The molecular formula is C17H36N2O3Si. The van der Waals surface area contributed by atoms with E-state index in [4.69, 9.17) is 14.9 Å². The molecular weight excluding hydrogens is 308 g/mol. The number of likely N-dealkylation sites (tertiary alicyclic amines) is 1. The van der Waals surface area contributed by atoms with Crippen LogP contribution in [0.5, 0.6) is 0 Å². The summed E-state index contributed by atoms with van der Waals surface area (Å²) in [5.74, 6) is 0.269. The van der Waals surface area contributed by atoms with Gasteiger partial charge in [0.15, 0.2) is 8.32 Å². The Bertz CT molecular complexity index is 413. The van der Waals surface area contributed by atoms with Gasteiger partial charge in [0.05, 0.1) is 6.10 Å². The summed E-state index contributed by atoms with van der Waals surface area (Å²) in [5, 5.41) is 0.152. The number of piperidine rings is 1. The summed E-state index contributed by atoms with van der Waals surface area (Å²) in [6.45, 7) is 18.7. The Morgan fingerprint density at radius 1 is 1.17 bits per heavy atom. The zero-order valence-corrected chi connectivity index (χ0v) is 17.2. The van der Waals surface area contributed by atoms with Crippen molar-refractivity contribution in [1.82, 2.24) is 4.90 Å². The van der Waals surface area contributed by atoms with E-state index < -0.39 is 13.9 Å². The molecule has 6 heteroatoms. The molecule has 136 valence electrons. The quantitative estimate of drug-likeness (QED) is 0.795. The molecule has 1 aliphatic heterocycles. The van der Waals surface area contributed by atoms with Gasteiger partial charge in [0, 0.05) is 13.1 Å². The average Bonchev–Trinajstić information content (AvgIpc) is 2.34. The van der Waals surface area contributed by atoms with E-state index in [2.05, 4.69) is 33.9 Å². The minimum Gasteiger partial charge on any atom is -0.444 e. The normalized spacial score (nSPS) is 23.8. The number of amides is 1. The first-order valence-corrected chi connectivity index (χ1v) is 11.5. The van der Waals surface area contributed by atoms with Gasteiger partial charge in [-0.25, -0.2) is 4.79 Å². The second kappa shape index (κ2) is 7.11. The number of hydrogen-bond donors (Lipinski definition) is 1. The molecule has 0 aliphatic carbocycles. The van der Waals surface area contributed by atoms with Crippen molar-refractivity contribution in [3.05, 3.63) is 0 Å². The lowest BCUT2D eigenvalue weighted by atomic mass is 9.96. The molecule has 23 heavy (non-hydrogen) atoms. The second-order valence-electron chi connectivity index (χ2n) is 9.22. The van der Waals surface area contributed by atoms with Gasteiger partial charge in [0.25, 0.3) is 0 Å². The predicted molar refractivity (Wildman–Crippen MR) is 97.0 cm³/mol. The Morgan fingerprint density at radius 3 is 2.17 bits per heavy atom. The molecule has 0 spiro atoms. The van der Waals surface area contributed by atoms with Gasteiger partial charge in [0.2, 0.25) is 0 Å². The lowest BCUT2D eigenvalue weighted by Crippen LogP contribution is -2.54. The van der Waals surface area contributed by atoms with Crippen LogP contribution in [-0.2, 0) is 9.16 Å². The van der Waals surface area contributed by atoms with Crippen LogP contribution in [0.25, 0.3) is 0 Å². The van der Waals surface area contributed by atoms with Crippen LogP contribution in [0.15, 0.2) is 0 Å². The number of carbonyl (C=O) groups is 1. The number of nitrogens with zero attached hydrogens (tertiary/aromatic N) is 1. The largest absolute Gasteiger partial charge is 0.444 e. The predicted octanol–water partition coefficient (Wildman–Crippen LogP) is 3.59. The lowest BCUT2D eigenvalue weighted by Gasteiger charge is -2.44. The fourth-order valence-electron chi connectivity index (χ4n) is 2.48. The summed E-state index contributed by atoms with van der Waals surface area (Å²) in [6, 6.07) is 0. The number of nitrogens with two attached hydrogens (primary N) is 1. The maximum atomic E-state index is 12.4. The number of hydrogen-bond acceptors (Lipinski definition) is 4. The molecule has 0 radical (unpaired) electrons. The summed E-state index contributed by atoms with van der Waals surface area (Å²) in [5.41, 5.74) is 5.40. The zero-order chi connectivity index (χ0) is 18.1. The number of carbonyl (C=O) groups excluding carboxylic acids is 1. The van der Waals surface area contributed by atoms with Crippen LogP contribution in [-0.4, -0.2) is 50.6 Å². The van der Waals surface area contributed by atoms with Crippen molar-refractivity contribution in [2.45, 2.75) is 77.8 Å². The summed E-state index contributed by atoms with van der Waals surface area (Å²) < 4.78 is 12.0. The SMILES string of the molecule is CC(C)(C)OC(=O)N1C[C@H](CN)C[C@@H](O[Si](C)(C)C(C)(C)C)C1. The van der Waals surface area contributed by atoms with Crippen LogP contribution in [0.2, 0.25) is 18.1 Å². The first kappa shape index (κ1) is 20.5. The third-order valence-electron chi connectivity index (χ3n) is 4.75. The minimum absolute atomic E-state index is 0.0470. The molecule has 5 nitrogen and oxygen atoms in total. The number of ether oxygens (including phenoxy) is 1. The van der Waals surface area contributed by atoms with Crippen molar-refractivity contribution in [1.29, 1.82) is 0 Å². The van der Waals surface area contributed by atoms with E-state index in [0.29, 0.717) is 19.6 Å². The standard InChI is InChI=1S/C17H36N2O3Si/c1-16(2,3)21-15(20)19-11-13(10-18)9-14(12-19)22-23(7,8)17(4,5)6/h13-14H,9-12,18H2,1-8H3/t13-,14+/m0/s1. The van der Waals surface area contributed by atoms with Crippen LogP contribution in [0.1, 0.15) is 48.0 Å². The molecule has 0 aromatic heterocycles. The highest BCUT2D eigenvalue weighted by Crippen LogP contribution is 2.38. The smallest absolute Gasteiger partial charge is 0.410 e. The molecule has 1 heterocycles. The minimum atomic E-state index is -1.87. The highest BCUT2D eigenvalue weighted by Gasteiger charge is 2.41. The van der Waals surface area contributed by atoms with Gasteiger partial charge < -0.3 is 19.8 Å². The van der Waals surface area contributed by atoms with E-state index in [9.17, 15) is 4.79 Å². The topological polar surface area (TPSA) is 64.8 Å². The van der Waals surface area contributed by atoms with E-state index in [1.54, 1.807) is 4.90 Å². The van der Waals surface area contributed by atoms with Crippen molar-refractivity contribution >= 4 is 14.4 Å². The molecule has 2 N–H and O–H groups in total. The molecule has 0 aromatic rings. The van der Waals surface area contributed by atoms with Gasteiger partial charge in [-0.15, -0.1) is 0 Å². The Hall–Kier alpha value is -0.593. The van der Waals surface area contributed by atoms with E-state index in [-0.39, 0.29) is 23.2 Å². The molecule has 1 rings (SSSR count). The van der Waals surface area contributed by atoms with E-state index in [1.165, 1.54) is 0 Å². The molecule has 1 saturated heterocycles. The molecule has 0 bridgehead atoms. The highest BCUT2D eigenvalue weighted by atomic mass is 28.4. The summed E-state index contributed by atoms with van der Waals surface area (Å²) in [7, 11) is -1.87. The van der Waals surface area contributed by atoms with Crippen molar-refractivity contribution in [2.75, 3.05) is 19.6 Å². The van der Waals surface area contributed by atoms with Crippen molar-refractivity contribution < 1.29 is 14.0 Å². The lowest BCUT2D eigenvalue weighted by molar-refractivity contribution is -0.00374. The first-order chi connectivity index (χ1) is 10.2. The summed E-state index contributed by atoms with van der Waals surface area (Å²) in [4.78, 5) is 14.2. The van der Waals surface area contributed by atoms with Crippen LogP contribution >= 0.6 is 0 Å². The van der Waals surface area contributed by atoms with E-state index >= 15 is 0 Å².